The number of phenols is 8. The number of ether oxygens (including phenoxy) is 2. The number of hydrogen-bond donors (Lipinski definition) is 10. The van der Waals surface area contributed by atoms with Gasteiger partial charge in [0.25, 0.3) is 0 Å². The van der Waals surface area contributed by atoms with Gasteiger partial charge in [0, 0.05) is 47.7 Å². The summed E-state index contributed by atoms with van der Waals surface area (Å²) >= 11 is 0. The molecule has 0 bridgehead atoms. The number of phenolic OH excluding ortho intramolecular Hbond substituents is 8. The molecule has 0 radical (unpaired) electrons. The molecule has 10 N–H and O–H groups in total. The molecule has 4 atom stereocenters. The molecule has 0 saturated heterocycles. The SMILES string of the molecule is Oc1cc(O)c2c(c1)OC(c1ccc(O)c(O)c1)(c1c(O)cc(O)c3c1OC(c1ccc(O)c(O)c1)C(O)C3)C(O)C2. The number of rotatable bonds is 3. The van der Waals surface area contributed by atoms with E-state index in [0.29, 0.717) is 0 Å². The normalized spacial score (nSPS) is 22.9. The first-order valence-corrected chi connectivity index (χ1v) is 12.8. The van der Waals surface area contributed by atoms with Gasteiger partial charge < -0.3 is 60.5 Å². The molecular formula is C30H26O12. The summed E-state index contributed by atoms with van der Waals surface area (Å²) in [5.74, 6) is -4.04. The zero-order valence-electron chi connectivity index (χ0n) is 21.6. The summed E-state index contributed by atoms with van der Waals surface area (Å²) in [6.45, 7) is 0. The average molecular weight is 579 g/mol. The Labute approximate surface area is 237 Å². The van der Waals surface area contributed by atoms with E-state index in [4.69, 9.17) is 9.47 Å². The van der Waals surface area contributed by atoms with Crippen molar-refractivity contribution in [1.29, 1.82) is 0 Å². The standard InChI is InChI=1S/C30H26O12/c31-14-7-19(34)15-10-26(40)30(42-25(15)8-14,13-2-4-18(33)22(37)6-13)27-23(38)11-20(35)16-9-24(39)28(41-29(16)27)12-1-3-17(32)21(36)5-12/h1-8,11,24,26,28,31-40H,9-10H2. The van der Waals surface area contributed by atoms with Crippen LogP contribution in [0.15, 0.2) is 54.6 Å². The van der Waals surface area contributed by atoms with Crippen LogP contribution in [0.25, 0.3) is 0 Å². The van der Waals surface area contributed by atoms with Gasteiger partial charge in [0.15, 0.2) is 28.6 Å². The minimum absolute atomic E-state index is 0.00974. The number of fused-ring (bicyclic) bond motifs is 2. The number of aliphatic hydroxyl groups is 2. The minimum Gasteiger partial charge on any atom is -0.508 e. The summed E-state index contributed by atoms with van der Waals surface area (Å²) in [5.41, 5.74) is -1.96. The van der Waals surface area contributed by atoms with Crippen LogP contribution in [0.2, 0.25) is 0 Å². The Balaban J connectivity index is 1.63. The third-order valence-electron chi connectivity index (χ3n) is 7.76. The van der Waals surface area contributed by atoms with Crippen molar-refractivity contribution in [1.82, 2.24) is 0 Å². The van der Waals surface area contributed by atoms with Crippen LogP contribution in [0.4, 0.5) is 0 Å². The first-order chi connectivity index (χ1) is 19.9. The summed E-state index contributed by atoms with van der Waals surface area (Å²) in [4.78, 5) is 0. The van der Waals surface area contributed by atoms with E-state index >= 15 is 0 Å². The van der Waals surface area contributed by atoms with Crippen molar-refractivity contribution in [2.24, 2.45) is 0 Å². The first kappa shape index (κ1) is 27.0. The molecule has 0 amide bonds. The van der Waals surface area contributed by atoms with E-state index in [1.165, 1.54) is 30.3 Å². The van der Waals surface area contributed by atoms with Gasteiger partial charge in [-0.25, -0.2) is 0 Å². The fraction of sp³-hybridized carbons (Fsp3) is 0.200. The van der Waals surface area contributed by atoms with Crippen molar-refractivity contribution in [3.63, 3.8) is 0 Å². The maximum atomic E-state index is 11.7. The Morgan fingerprint density at radius 2 is 1.29 bits per heavy atom. The Hall–Kier alpha value is -5.20. The predicted molar refractivity (Wildman–Crippen MR) is 143 cm³/mol. The van der Waals surface area contributed by atoms with Gasteiger partial charge in [-0.15, -0.1) is 0 Å². The number of hydrogen-bond acceptors (Lipinski definition) is 12. The molecule has 2 aliphatic rings. The molecule has 6 rings (SSSR count). The Kier molecular flexibility index (Phi) is 6.06. The largest absolute Gasteiger partial charge is 0.508 e. The lowest BCUT2D eigenvalue weighted by Crippen LogP contribution is -2.50. The summed E-state index contributed by atoms with van der Waals surface area (Å²) < 4.78 is 12.5. The Morgan fingerprint density at radius 3 is 1.98 bits per heavy atom. The van der Waals surface area contributed by atoms with Gasteiger partial charge in [-0.3, -0.25) is 0 Å². The molecule has 0 fully saturated rings. The first-order valence-electron chi connectivity index (χ1n) is 12.8. The van der Waals surface area contributed by atoms with Gasteiger partial charge in [0.1, 0.15) is 46.7 Å². The zero-order valence-corrected chi connectivity index (χ0v) is 21.6. The van der Waals surface area contributed by atoms with Crippen LogP contribution >= 0.6 is 0 Å². The third-order valence-corrected chi connectivity index (χ3v) is 7.76. The van der Waals surface area contributed by atoms with Gasteiger partial charge in [-0.2, -0.15) is 0 Å². The lowest BCUT2D eigenvalue weighted by atomic mass is 9.74. The second kappa shape index (κ2) is 9.43. The monoisotopic (exact) mass is 578 g/mol. The van der Waals surface area contributed by atoms with Crippen LogP contribution in [0.1, 0.15) is 33.9 Å². The second-order valence-corrected chi connectivity index (χ2v) is 10.4. The van der Waals surface area contributed by atoms with Crippen molar-refractivity contribution < 1.29 is 60.5 Å². The molecule has 4 aromatic rings. The van der Waals surface area contributed by atoms with Crippen LogP contribution < -0.4 is 9.47 Å². The third kappa shape index (κ3) is 3.99. The second-order valence-electron chi connectivity index (χ2n) is 10.4. The fourth-order valence-corrected chi connectivity index (χ4v) is 5.75. The smallest absolute Gasteiger partial charge is 0.192 e. The van der Waals surface area contributed by atoms with Crippen LogP contribution in [0.5, 0.6) is 57.5 Å². The summed E-state index contributed by atoms with van der Waals surface area (Å²) in [6, 6.07) is 10.6. The van der Waals surface area contributed by atoms with E-state index in [9.17, 15) is 51.1 Å². The van der Waals surface area contributed by atoms with Gasteiger partial charge in [-0.05, 0) is 29.8 Å². The molecule has 2 aliphatic heterocycles. The Bertz CT molecular complexity index is 1730. The average Bonchev–Trinajstić information content (AvgIpc) is 2.92. The molecular weight excluding hydrogens is 552 g/mol. The molecule has 0 aliphatic carbocycles. The van der Waals surface area contributed by atoms with E-state index in [1.54, 1.807) is 0 Å². The molecule has 12 nitrogen and oxygen atoms in total. The molecule has 218 valence electrons. The molecule has 0 saturated carbocycles. The van der Waals surface area contributed by atoms with Crippen LogP contribution in [-0.2, 0) is 18.4 Å². The predicted octanol–water partition coefficient (Wildman–Crippen LogP) is 2.61. The van der Waals surface area contributed by atoms with E-state index in [1.807, 2.05) is 0 Å². The van der Waals surface area contributed by atoms with Gasteiger partial charge in [0.05, 0.1) is 11.7 Å². The maximum absolute atomic E-state index is 11.7. The summed E-state index contributed by atoms with van der Waals surface area (Å²) in [7, 11) is 0. The van der Waals surface area contributed by atoms with E-state index in [2.05, 4.69) is 0 Å². The molecule has 0 spiro atoms. The van der Waals surface area contributed by atoms with Gasteiger partial charge >= 0.3 is 0 Å². The van der Waals surface area contributed by atoms with Crippen LogP contribution in [-0.4, -0.2) is 63.3 Å². The lowest BCUT2D eigenvalue weighted by Gasteiger charge is -2.45. The molecule has 2 heterocycles. The summed E-state index contributed by atoms with van der Waals surface area (Å²) in [5, 5.41) is 106. The van der Waals surface area contributed by atoms with Crippen molar-refractivity contribution in [3.8, 4) is 57.5 Å². The minimum atomic E-state index is -2.15. The number of aromatic hydroxyl groups is 8. The van der Waals surface area contributed by atoms with E-state index in [-0.39, 0.29) is 63.7 Å². The van der Waals surface area contributed by atoms with E-state index < -0.39 is 58.4 Å². The molecule has 0 aromatic heterocycles. The maximum Gasteiger partial charge on any atom is 0.192 e. The highest BCUT2D eigenvalue weighted by Crippen LogP contribution is 2.57. The highest BCUT2D eigenvalue weighted by molar-refractivity contribution is 5.65. The number of benzene rings is 4. The molecule has 42 heavy (non-hydrogen) atoms. The Morgan fingerprint density at radius 1 is 0.619 bits per heavy atom. The van der Waals surface area contributed by atoms with E-state index in [0.717, 1.165) is 24.3 Å². The summed E-state index contributed by atoms with van der Waals surface area (Å²) in [6.07, 6.45) is -4.58. The lowest BCUT2D eigenvalue weighted by molar-refractivity contribution is -0.0499. The van der Waals surface area contributed by atoms with Crippen LogP contribution in [0, 0.1) is 0 Å². The van der Waals surface area contributed by atoms with Gasteiger partial charge in [-0.1, -0.05) is 12.1 Å². The van der Waals surface area contributed by atoms with Crippen molar-refractivity contribution >= 4 is 0 Å². The van der Waals surface area contributed by atoms with Crippen molar-refractivity contribution in [3.05, 3.63) is 82.4 Å². The quantitative estimate of drug-likeness (QED) is 0.159. The fourth-order valence-electron chi connectivity index (χ4n) is 5.75. The highest BCUT2D eigenvalue weighted by Gasteiger charge is 2.53. The number of aliphatic hydroxyl groups excluding tert-OH is 2. The molecule has 4 unspecified atom stereocenters. The molecule has 4 aromatic carbocycles. The zero-order chi connectivity index (χ0) is 30.1. The highest BCUT2D eigenvalue weighted by atomic mass is 16.5. The topological polar surface area (TPSA) is 221 Å². The van der Waals surface area contributed by atoms with Crippen molar-refractivity contribution in [2.75, 3.05) is 0 Å². The van der Waals surface area contributed by atoms with Gasteiger partial charge in [0.2, 0.25) is 0 Å². The van der Waals surface area contributed by atoms with Crippen molar-refractivity contribution in [2.45, 2.75) is 36.8 Å². The molecule has 12 heteroatoms. The van der Waals surface area contributed by atoms with Crippen LogP contribution in [0.3, 0.4) is 0 Å².